The van der Waals surface area contributed by atoms with Crippen LogP contribution in [0.15, 0.2) is 41.5 Å². The molecule has 1 fully saturated rings. The van der Waals surface area contributed by atoms with Gasteiger partial charge in [0.05, 0.1) is 32.5 Å². The van der Waals surface area contributed by atoms with Crippen LogP contribution in [0, 0.1) is 19.8 Å². The number of ether oxygens (including phenoxy) is 2. The molecule has 0 unspecified atom stereocenters. The number of likely N-dealkylation sites (tertiary alicyclic amines) is 1. The zero-order valence-corrected chi connectivity index (χ0v) is 20.4. The number of hydrazone groups is 1. The summed E-state index contributed by atoms with van der Waals surface area (Å²) < 4.78 is 11.2. The highest BCUT2D eigenvalue weighted by atomic mass is 16.5. The normalized spacial score (nSPS) is 19.5. The van der Waals surface area contributed by atoms with Gasteiger partial charge in [-0.3, -0.25) is 9.69 Å². The predicted molar refractivity (Wildman–Crippen MR) is 131 cm³/mol. The number of aryl methyl sites for hydroxylation is 2. The number of rotatable bonds is 6. The Labute approximate surface area is 197 Å². The topological polar surface area (TPSA) is 54.4 Å². The van der Waals surface area contributed by atoms with Crippen LogP contribution in [0.5, 0.6) is 11.5 Å². The van der Waals surface area contributed by atoms with Crippen molar-refractivity contribution in [1.29, 1.82) is 0 Å². The third-order valence-corrected chi connectivity index (χ3v) is 6.89. The Morgan fingerprint density at radius 2 is 1.82 bits per heavy atom. The van der Waals surface area contributed by atoms with Crippen molar-refractivity contribution in [2.24, 2.45) is 11.0 Å². The average molecular weight is 450 g/mol. The zero-order chi connectivity index (χ0) is 23.5. The van der Waals surface area contributed by atoms with Crippen molar-refractivity contribution in [1.82, 2.24) is 9.91 Å². The smallest absolute Gasteiger partial charge is 0.257 e. The Bertz CT molecular complexity index is 1040. The van der Waals surface area contributed by atoms with Crippen molar-refractivity contribution in [3.63, 3.8) is 0 Å². The van der Waals surface area contributed by atoms with Crippen molar-refractivity contribution in [3.05, 3.63) is 58.7 Å². The lowest BCUT2D eigenvalue weighted by atomic mass is 9.94. The van der Waals surface area contributed by atoms with E-state index in [0.29, 0.717) is 13.0 Å². The fourth-order valence-electron chi connectivity index (χ4n) is 4.87. The lowest BCUT2D eigenvalue weighted by molar-refractivity contribution is -0.134. The molecular formula is C27H35N3O3. The fraction of sp³-hybridized carbons (Fsp3) is 0.481. The Balaban J connectivity index is 1.68. The minimum absolute atomic E-state index is 0.0270. The van der Waals surface area contributed by atoms with Crippen LogP contribution in [0.4, 0.5) is 0 Å². The quantitative estimate of drug-likeness (QED) is 0.640. The molecule has 2 aromatic carbocycles. The van der Waals surface area contributed by atoms with Gasteiger partial charge in [0.2, 0.25) is 0 Å². The summed E-state index contributed by atoms with van der Waals surface area (Å²) in [6.45, 7) is 8.78. The number of hydrogen-bond donors (Lipinski definition) is 0. The van der Waals surface area contributed by atoms with Gasteiger partial charge in [-0.1, -0.05) is 30.7 Å². The zero-order valence-electron chi connectivity index (χ0n) is 20.4. The van der Waals surface area contributed by atoms with Crippen molar-refractivity contribution >= 4 is 11.6 Å². The molecule has 0 saturated carbocycles. The molecule has 4 rings (SSSR count). The molecule has 0 aliphatic carbocycles. The number of amides is 1. The van der Waals surface area contributed by atoms with Gasteiger partial charge in [0.1, 0.15) is 11.5 Å². The first-order valence-electron chi connectivity index (χ1n) is 11.8. The lowest BCUT2D eigenvalue weighted by Crippen LogP contribution is -2.41. The molecule has 6 heteroatoms. The van der Waals surface area contributed by atoms with Crippen molar-refractivity contribution in [2.75, 3.05) is 33.9 Å². The maximum atomic E-state index is 13.6. The highest BCUT2D eigenvalue weighted by Crippen LogP contribution is 2.39. The molecule has 1 saturated heterocycles. The van der Waals surface area contributed by atoms with Gasteiger partial charge < -0.3 is 9.47 Å². The molecule has 0 N–H and O–H groups in total. The van der Waals surface area contributed by atoms with Crippen LogP contribution in [0.1, 0.15) is 54.5 Å². The highest BCUT2D eigenvalue weighted by Gasteiger charge is 2.36. The molecule has 0 bridgehead atoms. The minimum Gasteiger partial charge on any atom is -0.497 e. The van der Waals surface area contributed by atoms with Crippen LogP contribution in [-0.2, 0) is 4.79 Å². The highest BCUT2D eigenvalue weighted by molar-refractivity contribution is 6.04. The van der Waals surface area contributed by atoms with Gasteiger partial charge >= 0.3 is 0 Å². The second-order valence-corrected chi connectivity index (χ2v) is 9.39. The fourth-order valence-corrected chi connectivity index (χ4v) is 4.87. The Morgan fingerprint density at radius 3 is 2.48 bits per heavy atom. The maximum absolute atomic E-state index is 13.6. The van der Waals surface area contributed by atoms with Gasteiger partial charge in [0.15, 0.2) is 0 Å². The number of hydrogen-bond acceptors (Lipinski definition) is 5. The van der Waals surface area contributed by atoms with E-state index < -0.39 is 0 Å². The minimum atomic E-state index is -0.234. The maximum Gasteiger partial charge on any atom is 0.257 e. The SMILES string of the molecule is COc1ccc(OC)c([C@@H]2CC(c3ccc(C)cc3C)=NN2C(=O)CN2CCC(C)CC2)c1. The molecule has 2 aliphatic rings. The number of benzene rings is 2. The van der Waals surface area contributed by atoms with Gasteiger partial charge in [-0.25, -0.2) is 5.01 Å². The molecule has 2 heterocycles. The number of methoxy groups -OCH3 is 2. The van der Waals surface area contributed by atoms with Crippen LogP contribution < -0.4 is 9.47 Å². The van der Waals surface area contributed by atoms with Gasteiger partial charge in [0.25, 0.3) is 5.91 Å². The van der Waals surface area contributed by atoms with Crippen molar-refractivity contribution < 1.29 is 14.3 Å². The molecule has 176 valence electrons. The van der Waals surface area contributed by atoms with E-state index in [1.807, 2.05) is 18.2 Å². The van der Waals surface area contributed by atoms with E-state index in [1.54, 1.807) is 19.2 Å². The molecule has 2 aliphatic heterocycles. The van der Waals surface area contributed by atoms with Gasteiger partial charge in [0, 0.05) is 17.5 Å². The van der Waals surface area contributed by atoms with Crippen LogP contribution in [0.25, 0.3) is 0 Å². The summed E-state index contributed by atoms with van der Waals surface area (Å²) in [6.07, 6.45) is 2.91. The Kier molecular flexibility index (Phi) is 7.03. The largest absolute Gasteiger partial charge is 0.497 e. The van der Waals surface area contributed by atoms with E-state index in [1.165, 1.54) is 11.1 Å². The van der Waals surface area contributed by atoms with E-state index in [9.17, 15) is 4.79 Å². The van der Waals surface area contributed by atoms with E-state index in [2.05, 4.69) is 43.9 Å². The van der Waals surface area contributed by atoms with Crippen molar-refractivity contribution in [3.8, 4) is 11.5 Å². The first kappa shape index (κ1) is 23.3. The number of nitrogens with zero attached hydrogens (tertiary/aromatic N) is 3. The van der Waals surface area contributed by atoms with E-state index in [0.717, 1.165) is 60.2 Å². The monoisotopic (exact) mass is 449 g/mol. The molecule has 1 amide bonds. The predicted octanol–water partition coefficient (Wildman–Crippen LogP) is 4.73. The summed E-state index contributed by atoms with van der Waals surface area (Å²) in [5.41, 5.74) is 5.33. The van der Waals surface area contributed by atoms with Crippen LogP contribution in [0.3, 0.4) is 0 Å². The first-order valence-corrected chi connectivity index (χ1v) is 11.8. The second-order valence-electron chi connectivity index (χ2n) is 9.39. The molecule has 0 aromatic heterocycles. The summed E-state index contributed by atoms with van der Waals surface area (Å²) in [5, 5.41) is 6.58. The van der Waals surface area contributed by atoms with E-state index in [4.69, 9.17) is 14.6 Å². The number of piperidine rings is 1. The van der Waals surface area contributed by atoms with Crippen LogP contribution >= 0.6 is 0 Å². The summed E-state index contributed by atoms with van der Waals surface area (Å²) in [5.74, 6) is 2.23. The number of carbonyl (C=O) groups is 1. The molecule has 1 atom stereocenters. The molecule has 0 radical (unpaired) electrons. The Morgan fingerprint density at radius 1 is 1.06 bits per heavy atom. The summed E-state index contributed by atoms with van der Waals surface area (Å²) >= 11 is 0. The summed E-state index contributed by atoms with van der Waals surface area (Å²) in [7, 11) is 3.31. The summed E-state index contributed by atoms with van der Waals surface area (Å²) in [4.78, 5) is 15.8. The van der Waals surface area contributed by atoms with Gasteiger partial charge in [-0.15, -0.1) is 0 Å². The summed E-state index contributed by atoms with van der Waals surface area (Å²) in [6, 6.07) is 11.9. The molecule has 33 heavy (non-hydrogen) atoms. The Hall–Kier alpha value is -2.86. The molecular weight excluding hydrogens is 414 g/mol. The lowest BCUT2D eigenvalue weighted by Gasteiger charge is -2.31. The molecule has 6 nitrogen and oxygen atoms in total. The van der Waals surface area contributed by atoms with Crippen LogP contribution in [-0.4, -0.2) is 55.4 Å². The average Bonchev–Trinajstić information content (AvgIpc) is 3.25. The standard InChI is InChI=1S/C27H35N3O3/c1-18-10-12-29(13-11-18)17-27(31)30-25(23-15-21(32-4)7-9-26(23)33-5)16-24(28-30)22-8-6-19(2)14-20(22)3/h6-9,14-15,18,25H,10-13,16-17H2,1-5H3/t25-/m0/s1. The molecule has 0 spiro atoms. The van der Waals surface area contributed by atoms with Gasteiger partial charge in [-0.05, 0) is 69.5 Å². The van der Waals surface area contributed by atoms with E-state index >= 15 is 0 Å². The van der Waals surface area contributed by atoms with Crippen LogP contribution in [0.2, 0.25) is 0 Å². The third kappa shape index (κ3) is 5.06. The third-order valence-electron chi connectivity index (χ3n) is 6.89. The first-order chi connectivity index (χ1) is 15.9. The second kappa shape index (κ2) is 9.96. The van der Waals surface area contributed by atoms with Crippen molar-refractivity contribution in [2.45, 2.75) is 46.1 Å². The van der Waals surface area contributed by atoms with Gasteiger partial charge in [-0.2, -0.15) is 5.10 Å². The molecule has 2 aromatic rings. The van der Waals surface area contributed by atoms with E-state index in [-0.39, 0.29) is 11.9 Å². The number of carbonyl (C=O) groups excluding carboxylic acids is 1.